The second kappa shape index (κ2) is 3.11. The monoisotopic (exact) mass is 134 g/mol. The van der Waals surface area contributed by atoms with Gasteiger partial charge in [0, 0.05) is 6.20 Å². The van der Waals surface area contributed by atoms with Crippen LogP contribution in [-0.2, 0) is 6.42 Å². The highest BCUT2D eigenvalue weighted by molar-refractivity contribution is 5.39. The Labute approximate surface area is 60.6 Å². The van der Waals surface area contributed by atoms with Gasteiger partial charge in [-0.1, -0.05) is 13.5 Å². The molecule has 1 aromatic rings. The molecule has 0 radical (unpaired) electrons. The minimum atomic E-state index is 0.831. The van der Waals surface area contributed by atoms with Crippen molar-refractivity contribution in [2.45, 2.75) is 13.3 Å². The lowest BCUT2D eigenvalue weighted by Gasteiger charge is -1.93. The average Bonchev–Trinajstić information content (AvgIpc) is 2.05. The zero-order valence-electron chi connectivity index (χ0n) is 6.04. The van der Waals surface area contributed by atoms with Crippen LogP contribution < -0.4 is 0 Å². The van der Waals surface area contributed by atoms with E-state index in [9.17, 15) is 0 Å². The van der Waals surface area contributed by atoms with Gasteiger partial charge in [0.15, 0.2) is 0 Å². The summed E-state index contributed by atoms with van der Waals surface area (Å²) < 4.78 is 0. The first-order valence-electron chi connectivity index (χ1n) is 3.30. The van der Waals surface area contributed by atoms with Crippen LogP contribution >= 0.6 is 0 Å². The van der Waals surface area contributed by atoms with Gasteiger partial charge in [0.25, 0.3) is 0 Å². The normalized spacial score (nSPS) is 9.30. The minimum absolute atomic E-state index is 0.831. The molecule has 0 aliphatic heterocycles. The Balaban J connectivity index is 2.90. The van der Waals surface area contributed by atoms with Crippen molar-refractivity contribution in [3.63, 3.8) is 0 Å². The molecule has 0 aliphatic rings. The van der Waals surface area contributed by atoms with Gasteiger partial charge in [-0.3, -0.25) is 9.97 Å². The van der Waals surface area contributed by atoms with Crippen molar-refractivity contribution in [2.24, 2.45) is 0 Å². The van der Waals surface area contributed by atoms with Crippen molar-refractivity contribution in [3.8, 4) is 0 Å². The summed E-state index contributed by atoms with van der Waals surface area (Å²) in [6.45, 7) is 5.64. The van der Waals surface area contributed by atoms with E-state index in [1.54, 1.807) is 18.5 Å². The van der Waals surface area contributed by atoms with E-state index in [0.29, 0.717) is 0 Å². The maximum absolute atomic E-state index is 4.13. The van der Waals surface area contributed by atoms with Gasteiger partial charge in [0.05, 0.1) is 17.6 Å². The lowest BCUT2D eigenvalue weighted by atomic mass is 10.3. The van der Waals surface area contributed by atoms with Crippen LogP contribution in [0.4, 0.5) is 0 Å². The fraction of sp³-hybridized carbons (Fsp3) is 0.250. The highest BCUT2D eigenvalue weighted by atomic mass is 14.8. The molecule has 0 amide bonds. The molecule has 0 aliphatic carbocycles. The van der Waals surface area contributed by atoms with Gasteiger partial charge in [0.1, 0.15) is 0 Å². The van der Waals surface area contributed by atoms with E-state index < -0.39 is 0 Å². The molecule has 0 atom stereocenters. The molecular formula is C8H10N2. The van der Waals surface area contributed by atoms with Crippen molar-refractivity contribution >= 4 is 6.08 Å². The van der Waals surface area contributed by atoms with Crippen LogP contribution in [0.3, 0.4) is 0 Å². The van der Waals surface area contributed by atoms with Gasteiger partial charge in [0.2, 0.25) is 0 Å². The predicted molar refractivity (Wildman–Crippen MR) is 41.5 cm³/mol. The van der Waals surface area contributed by atoms with Crippen LogP contribution in [0.2, 0.25) is 0 Å². The fourth-order valence-corrected chi connectivity index (χ4v) is 0.653. The first-order valence-corrected chi connectivity index (χ1v) is 3.30. The number of nitrogens with zero attached hydrogens (tertiary/aromatic N) is 2. The molecule has 1 aromatic heterocycles. The quantitative estimate of drug-likeness (QED) is 0.615. The maximum atomic E-state index is 4.13. The Bertz CT molecular complexity index is 213. The molecule has 0 N–H and O–H groups in total. The molecule has 10 heavy (non-hydrogen) atoms. The molecule has 0 fully saturated rings. The van der Waals surface area contributed by atoms with Crippen molar-refractivity contribution in [1.82, 2.24) is 9.97 Å². The zero-order chi connectivity index (χ0) is 7.40. The van der Waals surface area contributed by atoms with E-state index in [1.807, 2.05) is 0 Å². The summed E-state index contributed by atoms with van der Waals surface area (Å²) in [7, 11) is 0. The van der Waals surface area contributed by atoms with Gasteiger partial charge < -0.3 is 0 Å². The molecule has 0 spiro atoms. The summed E-state index contributed by atoms with van der Waals surface area (Å²) in [5.41, 5.74) is 1.85. The van der Waals surface area contributed by atoms with Crippen LogP contribution in [0.25, 0.3) is 6.08 Å². The molecular weight excluding hydrogens is 124 g/mol. The average molecular weight is 134 g/mol. The SMILES string of the molecule is C=Cc1cnc(CC)cn1. The lowest BCUT2D eigenvalue weighted by molar-refractivity contribution is 0.994. The molecule has 2 nitrogen and oxygen atoms in total. The van der Waals surface area contributed by atoms with E-state index in [-0.39, 0.29) is 0 Å². The first kappa shape index (κ1) is 6.93. The topological polar surface area (TPSA) is 25.8 Å². The van der Waals surface area contributed by atoms with Crippen LogP contribution in [0.15, 0.2) is 19.0 Å². The van der Waals surface area contributed by atoms with E-state index >= 15 is 0 Å². The molecule has 2 heteroatoms. The number of rotatable bonds is 2. The van der Waals surface area contributed by atoms with Crippen LogP contribution in [0.1, 0.15) is 18.3 Å². The third-order valence-corrected chi connectivity index (χ3v) is 1.30. The molecule has 0 unspecified atom stereocenters. The maximum Gasteiger partial charge on any atom is 0.0807 e. The lowest BCUT2D eigenvalue weighted by Crippen LogP contribution is -1.89. The Hall–Kier alpha value is -1.18. The number of aryl methyl sites for hydroxylation is 1. The molecule has 0 bridgehead atoms. The van der Waals surface area contributed by atoms with E-state index in [0.717, 1.165) is 17.8 Å². The second-order valence-electron chi connectivity index (χ2n) is 1.99. The van der Waals surface area contributed by atoms with Crippen molar-refractivity contribution in [2.75, 3.05) is 0 Å². The molecule has 0 saturated heterocycles. The van der Waals surface area contributed by atoms with Gasteiger partial charge in [-0.25, -0.2) is 0 Å². The number of hydrogen-bond donors (Lipinski definition) is 0. The highest BCUT2D eigenvalue weighted by Gasteiger charge is 1.89. The molecule has 0 saturated carbocycles. The molecule has 52 valence electrons. The zero-order valence-corrected chi connectivity index (χ0v) is 6.04. The standard InChI is InChI=1S/C8H10N2/c1-3-7-5-10-8(4-2)6-9-7/h3,5-6H,1,4H2,2H3. The summed E-state index contributed by atoms with van der Waals surface area (Å²) in [5, 5.41) is 0. The summed E-state index contributed by atoms with van der Waals surface area (Å²) in [4.78, 5) is 8.22. The fourth-order valence-electron chi connectivity index (χ4n) is 0.653. The van der Waals surface area contributed by atoms with Gasteiger partial charge in [-0.05, 0) is 12.5 Å². The highest BCUT2D eigenvalue weighted by Crippen LogP contribution is 1.96. The largest absolute Gasteiger partial charge is 0.257 e. The smallest absolute Gasteiger partial charge is 0.0807 e. The van der Waals surface area contributed by atoms with Crippen molar-refractivity contribution < 1.29 is 0 Å². The Kier molecular flexibility index (Phi) is 2.15. The Morgan fingerprint density at radius 1 is 1.50 bits per heavy atom. The summed E-state index contributed by atoms with van der Waals surface area (Å²) in [6, 6.07) is 0. The summed E-state index contributed by atoms with van der Waals surface area (Å²) >= 11 is 0. The van der Waals surface area contributed by atoms with Crippen molar-refractivity contribution in [1.29, 1.82) is 0 Å². The van der Waals surface area contributed by atoms with Gasteiger partial charge in [-0.2, -0.15) is 0 Å². The summed E-state index contributed by atoms with van der Waals surface area (Å²) in [6.07, 6.45) is 6.12. The molecule has 1 rings (SSSR count). The molecule has 0 aromatic carbocycles. The van der Waals surface area contributed by atoms with Gasteiger partial charge in [-0.15, -0.1) is 0 Å². The third kappa shape index (κ3) is 1.41. The second-order valence-corrected chi connectivity index (χ2v) is 1.99. The summed E-state index contributed by atoms with van der Waals surface area (Å²) in [5.74, 6) is 0. The van der Waals surface area contributed by atoms with E-state index in [2.05, 4.69) is 23.5 Å². The van der Waals surface area contributed by atoms with Gasteiger partial charge >= 0.3 is 0 Å². The van der Waals surface area contributed by atoms with E-state index in [1.165, 1.54) is 0 Å². The van der Waals surface area contributed by atoms with E-state index in [4.69, 9.17) is 0 Å². The Morgan fingerprint density at radius 3 is 2.70 bits per heavy atom. The van der Waals surface area contributed by atoms with Crippen LogP contribution in [0.5, 0.6) is 0 Å². The van der Waals surface area contributed by atoms with Crippen LogP contribution in [-0.4, -0.2) is 9.97 Å². The number of aromatic nitrogens is 2. The first-order chi connectivity index (χ1) is 4.86. The van der Waals surface area contributed by atoms with Crippen LogP contribution in [0, 0.1) is 0 Å². The molecule has 1 heterocycles. The van der Waals surface area contributed by atoms with Crippen molar-refractivity contribution in [3.05, 3.63) is 30.4 Å². The minimum Gasteiger partial charge on any atom is -0.257 e. The Morgan fingerprint density at radius 2 is 2.30 bits per heavy atom. The number of hydrogen-bond acceptors (Lipinski definition) is 2. The predicted octanol–water partition coefficient (Wildman–Crippen LogP) is 1.68. The third-order valence-electron chi connectivity index (χ3n) is 1.30.